The Morgan fingerprint density at radius 1 is 0.455 bits per heavy atom. The molecule has 0 unspecified atom stereocenters. The first kappa shape index (κ1) is 30.9. The first-order valence-corrected chi connectivity index (χ1v) is 9.41. The van der Waals surface area contributed by atoms with E-state index < -0.39 is 0 Å². The Labute approximate surface area is 166 Å². The maximum atomic E-state index is 3.82. The van der Waals surface area contributed by atoms with Gasteiger partial charge in [0, 0.05) is 0 Å². The van der Waals surface area contributed by atoms with E-state index in [1.54, 1.807) is 0 Å². The minimum atomic E-state index is 0. The van der Waals surface area contributed by atoms with Crippen molar-refractivity contribution in [3.8, 4) is 0 Å². The minimum Gasteiger partial charge on any atom is -0.343 e. The van der Waals surface area contributed by atoms with Gasteiger partial charge in [-0.3, -0.25) is 0 Å². The fraction of sp³-hybridized carbons (Fsp3) is 0.900. The Balaban J connectivity index is -0.000000135. The minimum absolute atomic E-state index is 0. The van der Waals surface area contributed by atoms with Crippen molar-refractivity contribution in [2.45, 2.75) is 117 Å². The first-order chi connectivity index (χ1) is 9.83. The molecule has 0 amide bonds. The van der Waals surface area contributed by atoms with Gasteiger partial charge in [0.25, 0.3) is 0 Å². The first-order valence-electron chi connectivity index (χ1n) is 9.41. The van der Waals surface area contributed by atoms with Crippen LogP contribution in [-0.4, -0.2) is 0 Å². The average molecular weight is 353 g/mol. The molecule has 0 rings (SSSR count). The van der Waals surface area contributed by atoms with E-state index >= 15 is 0 Å². The molecule has 0 spiro atoms. The molecule has 134 valence electrons. The number of hydrogen-bond acceptors (Lipinski definition) is 0. The van der Waals surface area contributed by atoms with E-state index in [9.17, 15) is 0 Å². The molecule has 2 heteroatoms. The second-order valence-electron chi connectivity index (χ2n) is 5.95. The molecule has 0 saturated heterocycles. The number of rotatable bonds is 14. The van der Waals surface area contributed by atoms with Crippen LogP contribution in [0, 0.1) is 13.8 Å². The molecule has 0 heterocycles. The largest absolute Gasteiger partial charge is 1.00 e. The summed E-state index contributed by atoms with van der Waals surface area (Å²) in [5.41, 5.74) is 0. The van der Waals surface area contributed by atoms with E-state index in [0.717, 1.165) is 12.8 Å². The molecule has 0 nitrogen and oxygen atoms in total. The van der Waals surface area contributed by atoms with Crippen molar-refractivity contribution in [2.24, 2.45) is 0 Å². The van der Waals surface area contributed by atoms with Crippen LogP contribution < -0.4 is 18.9 Å². The predicted octanol–water partition coefficient (Wildman–Crippen LogP) is 4.92. The third kappa shape index (κ3) is 37.4. The van der Waals surface area contributed by atoms with Gasteiger partial charge in [0.2, 0.25) is 0 Å². The van der Waals surface area contributed by atoms with E-state index in [1.807, 2.05) is 0 Å². The smallest absolute Gasteiger partial charge is 0.343 e. The monoisotopic (exact) mass is 352 g/mol. The summed E-state index contributed by atoms with van der Waals surface area (Å²) in [4.78, 5) is 0. The summed E-state index contributed by atoms with van der Waals surface area (Å²) in [6.45, 7) is 12.2. The zero-order valence-corrected chi connectivity index (χ0v) is 17.0. The van der Waals surface area contributed by atoms with Crippen LogP contribution in [0.4, 0.5) is 0 Å². The Morgan fingerprint density at radius 2 is 0.682 bits per heavy atom. The molecule has 0 N–H and O–H groups in total. The molecule has 0 aromatic rings. The van der Waals surface area contributed by atoms with Gasteiger partial charge in [0.15, 0.2) is 0 Å². The molecule has 0 aliphatic carbocycles. The fourth-order valence-electron chi connectivity index (χ4n) is 2.27. The van der Waals surface area contributed by atoms with Crippen LogP contribution in [0.25, 0.3) is 0 Å². The molecule has 0 aliphatic rings. The molecule has 0 aromatic heterocycles. The van der Waals surface area contributed by atoms with E-state index in [2.05, 4.69) is 27.7 Å². The van der Waals surface area contributed by atoms with Crippen molar-refractivity contribution in [3.05, 3.63) is 13.8 Å². The van der Waals surface area contributed by atoms with Gasteiger partial charge in [-0.05, 0) is 0 Å². The van der Waals surface area contributed by atoms with Crippen molar-refractivity contribution in [1.29, 1.82) is 0 Å². The van der Waals surface area contributed by atoms with Crippen LogP contribution in [0.1, 0.15) is 117 Å². The third-order valence-electron chi connectivity index (χ3n) is 3.71. The summed E-state index contributed by atoms with van der Waals surface area (Å²) in [6, 6.07) is 0. The van der Waals surface area contributed by atoms with Crippen molar-refractivity contribution >= 4 is 0 Å². The normalized spacial score (nSPS) is 9.27. The second kappa shape index (κ2) is 33.7. The molecule has 22 heavy (non-hydrogen) atoms. The molecule has 0 aromatic carbocycles. The molecule has 0 bridgehead atoms. The zero-order valence-electron chi connectivity index (χ0n) is 16.0. The van der Waals surface area contributed by atoms with Gasteiger partial charge in [0.1, 0.15) is 0 Å². The summed E-state index contributed by atoms with van der Waals surface area (Å²) in [5, 5.41) is 0. The zero-order chi connectivity index (χ0) is 15.3. The average Bonchev–Trinajstić information content (AvgIpc) is 2.47. The van der Waals surface area contributed by atoms with E-state index in [1.165, 1.54) is 89.9 Å². The van der Waals surface area contributed by atoms with E-state index in [4.69, 9.17) is 0 Å². The van der Waals surface area contributed by atoms with Crippen LogP contribution in [0.3, 0.4) is 0 Å². The summed E-state index contributed by atoms with van der Waals surface area (Å²) in [6.07, 6.45) is 21.8. The molecule has 0 aliphatic heterocycles. The van der Waals surface area contributed by atoms with Crippen LogP contribution in [-0.2, 0) is 17.1 Å². The van der Waals surface area contributed by atoms with Crippen LogP contribution in [0.15, 0.2) is 0 Å². The molecule has 0 saturated carbocycles. The van der Waals surface area contributed by atoms with Crippen molar-refractivity contribution in [1.82, 2.24) is 0 Å². The summed E-state index contributed by atoms with van der Waals surface area (Å²) < 4.78 is 0. The molecule has 0 atom stereocenters. The summed E-state index contributed by atoms with van der Waals surface area (Å²) in [7, 11) is 0. The topological polar surface area (TPSA) is 0 Å². The summed E-state index contributed by atoms with van der Waals surface area (Å²) >= 11 is 0. The molecular weight excluding hydrogens is 311 g/mol. The number of unbranched alkanes of at least 4 members (excludes halogenated alkanes) is 14. The summed E-state index contributed by atoms with van der Waals surface area (Å²) in [5.74, 6) is 0. The Kier molecular flexibility index (Phi) is 47.3. The Hall–Kier alpha value is 1.12. The SMILES string of the molecule is [CH2-]CCCCCCCCC.[CH2-]CCCCCCCCC.[Cu+].[Li+]. The maximum absolute atomic E-state index is 3.82. The Morgan fingerprint density at radius 3 is 0.909 bits per heavy atom. The fourth-order valence-corrected chi connectivity index (χ4v) is 2.27. The third-order valence-corrected chi connectivity index (χ3v) is 3.71. The maximum Gasteiger partial charge on any atom is 1.00 e. The van der Waals surface area contributed by atoms with Crippen molar-refractivity contribution in [2.75, 3.05) is 0 Å². The van der Waals surface area contributed by atoms with Gasteiger partial charge in [-0.2, -0.15) is 12.8 Å². The van der Waals surface area contributed by atoms with Gasteiger partial charge in [-0.15, -0.1) is 0 Å². The van der Waals surface area contributed by atoms with Gasteiger partial charge < -0.3 is 13.8 Å². The van der Waals surface area contributed by atoms with Crippen molar-refractivity contribution < 1.29 is 35.9 Å². The van der Waals surface area contributed by atoms with Crippen molar-refractivity contribution in [3.63, 3.8) is 0 Å². The Bertz CT molecular complexity index is 108. The van der Waals surface area contributed by atoms with E-state index in [0.29, 0.717) is 0 Å². The van der Waals surface area contributed by atoms with Gasteiger partial charge >= 0.3 is 35.9 Å². The standard InChI is InChI=1S/2C10H21.Cu.Li/c2*1-3-5-7-9-10-8-6-4-2;;/h2*1,3-10H2,2H3;;/q2*-1;2*+1. The van der Waals surface area contributed by atoms with Crippen LogP contribution in [0.5, 0.6) is 0 Å². The van der Waals surface area contributed by atoms with Gasteiger partial charge in [0.05, 0.1) is 0 Å². The van der Waals surface area contributed by atoms with Crippen LogP contribution >= 0.6 is 0 Å². The number of hydrogen-bond donors (Lipinski definition) is 0. The van der Waals surface area contributed by atoms with Crippen LogP contribution in [0.2, 0.25) is 0 Å². The quantitative estimate of drug-likeness (QED) is 0.236. The van der Waals surface area contributed by atoms with E-state index in [-0.39, 0.29) is 35.9 Å². The molecular formula is C20H42CuLi. The van der Waals surface area contributed by atoms with Gasteiger partial charge in [-0.1, -0.05) is 104 Å². The predicted molar refractivity (Wildman–Crippen MR) is 95.9 cm³/mol. The molecule has 0 fully saturated rings. The van der Waals surface area contributed by atoms with Gasteiger partial charge in [-0.25, -0.2) is 0 Å². The molecule has 0 radical (unpaired) electrons. The second-order valence-corrected chi connectivity index (χ2v) is 5.95.